The molecule has 5 nitrogen and oxygen atoms in total. The van der Waals surface area contributed by atoms with E-state index in [4.69, 9.17) is 14.2 Å². The van der Waals surface area contributed by atoms with Crippen molar-refractivity contribution in [3.8, 4) is 11.5 Å². The predicted octanol–water partition coefficient (Wildman–Crippen LogP) is 2.84. The van der Waals surface area contributed by atoms with Crippen molar-refractivity contribution < 1.29 is 32.2 Å². The predicted molar refractivity (Wildman–Crippen MR) is 92.5 cm³/mol. The highest BCUT2D eigenvalue weighted by Crippen LogP contribution is 2.64. The van der Waals surface area contributed by atoms with Crippen LogP contribution < -0.4 is 9.47 Å². The summed E-state index contributed by atoms with van der Waals surface area (Å²) in [5, 5.41) is 0. The molecule has 2 aliphatic heterocycles. The van der Waals surface area contributed by atoms with Crippen LogP contribution in [0.25, 0.3) is 0 Å². The quantitative estimate of drug-likeness (QED) is 0.719. The van der Waals surface area contributed by atoms with Crippen molar-refractivity contribution in [2.75, 3.05) is 20.7 Å². The number of esters is 1. The second-order valence-corrected chi connectivity index (χ2v) is 8.34. The first-order chi connectivity index (χ1) is 13.3. The molecule has 2 aliphatic carbocycles. The maximum Gasteiger partial charge on any atom is 0.490 e. The topological polar surface area (TPSA) is 48.0 Å². The molecule has 1 spiro atoms. The number of methoxy groups -OCH3 is 1. The standard InChI is InChI=1S/C20H22F3NO4/c1-24-8-7-19-11-4-6-14(27-18(25)20(21,22)23)17(19)28-16-13(26-2)5-3-10(15(16)19)9-12(11)24/h3,5,11-12,14,17H,4,6-9H2,1-2H3/t11?,12-,14?,17?,19+/m1/s1. The number of hydrogen-bond acceptors (Lipinski definition) is 5. The molecule has 0 amide bonds. The van der Waals surface area contributed by atoms with Crippen molar-refractivity contribution in [2.45, 2.75) is 55.5 Å². The molecule has 0 aromatic heterocycles. The maximum absolute atomic E-state index is 12.8. The number of ether oxygens (including phenoxy) is 3. The Balaban J connectivity index is 1.62. The van der Waals surface area contributed by atoms with E-state index in [0.717, 1.165) is 30.5 Å². The molecule has 3 unspecified atom stereocenters. The van der Waals surface area contributed by atoms with Crippen LogP contribution in [0.4, 0.5) is 13.2 Å². The third-order valence-corrected chi connectivity index (χ3v) is 7.23. The first kappa shape index (κ1) is 18.1. The summed E-state index contributed by atoms with van der Waals surface area (Å²) in [4.78, 5) is 13.9. The Bertz CT molecular complexity index is 841. The van der Waals surface area contributed by atoms with Gasteiger partial charge in [0, 0.05) is 17.0 Å². The molecule has 2 heterocycles. The molecule has 2 bridgehead atoms. The van der Waals surface area contributed by atoms with Crippen molar-refractivity contribution >= 4 is 5.97 Å². The first-order valence-corrected chi connectivity index (χ1v) is 9.62. The van der Waals surface area contributed by atoms with Gasteiger partial charge in [0.1, 0.15) is 12.2 Å². The number of benzene rings is 1. The van der Waals surface area contributed by atoms with Crippen LogP contribution in [0.2, 0.25) is 0 Å². The summed E-state index contributed by atoms with van der Waals surface area (Å²) in [6, 6.07) is 4.21. The van der Waals surface area contributed by atoms with Gasteiger partial charge in [0.25, 0.3) is 0 Å². The van der Waals surface area contributed by atoms with Gasteiger partial charge in [-0.05, 0) is 56.8 Å². The molecule has 4 aliphatic rings. The molecular weight excluding hydrogens is 375 g/mol. The molecule has 152 valence electrons. The Morgan fingerprint density at radius 3 is 2.82 bits per heavy atom. The fourth-order valence-corrected chi connectivity index (χ4v) is 6.16. The molecule has 1 aromatic rings. The van der Waals surface area contributed by atoms with E-state index < -0.39 is 29.8 Å². The third kappa shape index (κ3) is 2.21. The van der Waals surface area contributed by atoms with E-state index in [2.05, 4.69) is 11.9 Å². The Labute approximate surface area is 160 Å². The second-order valence-electron chi connectivity index (χ2n) is 8.34. The molecule has 1 saturated heterocycles. The molecule has 0 N–H and O–H groups in total. The monoisotopic (exact) mass is 397 g/mol. The van der Waals surface area contributed by atoms with E-state index in [1.807, 2.05) is 12.1 Å². The van der Waals surface area contributed by atoms with Gasteiger partial charge < -0.3 is 19.1 Å². The SMILES string of the molecule is COc1ccc2c3c1OC1C(OC(=O)C(F)(F)F)CCC4[C@@H](C2)N(C)CC[C@]314. The zero-order chi connectivity index (χ0) is 19.8. The second kappa shape index (κ2) is 5.78. The van der Waals surface area contributed by atoms with Gasteiger partial charge in [-0.2, -0.15) is 13.2 Å². The van der Waals surface area contributed by atoms with Gasteiger partial charge >= 0.3 is 12.1 Å². The summed E-state index contributed by atoms with van der Waals surface area (Å²) >= 11 is 0. The molecule has 1 saturated carbocycles. The first-order valence-electron chi connectivity index (χ1n) is 9.62. The molecule has 28 heavy (non-hydrogen) atoms. The molecular formula is C20H22F3NO4. The lowest BCUT2D eigenvalue weighted by Gasteiger charge is -2.58. The lowest BCUT2D eigenvalue weighted by atomic mass is 9.51. The van der Waals surface area contributed by atoms with Crippen LogP contribution in [-0.2, 0) is 21.4 Å². The molecule has 2 fully saturated rings. The Hall–Kier alpha value is -1.96. The number of halogens is 3. The summed E-state index contributed by atoms with van der Waals surface area (Å²) in [7, 11) is 3.66. The highest BCUT2D eigenvalue weighted by molar-refractivity contribution is 5.76. The Kier molecular flexibility index (Phi) is 3.73. The summed E-state index contributed by atoms with van der Waals surface area (Å²) in [6.45, 7) is 0.830. The van der Waals surface area contributed by atoms with E-state index >= 15 is 0 Å². The van der Waals surface area contributed by atoms with Crippen LogP contribution >= 0.6 is 0 Å². The molecule has 1 aromatic carbocycles. The summed E-state index contributed by atoms with van der Waals surface area (Å²) in [6.07, 6.45) is -3.81. The minimum Gasteiger partial charge on any atom is -0.493 e. The molecule has 8 heteroatoms. The van der Waals surface area contributed by atoms with Crippen LogP contribution in [0.15, 0.2) is 12.1 Å². The average molecular weight is 397 g/mol. The van der Waals surface area contributed by atoms with Gasteiger partial charge in [0.15, 0.2) is 11.5 Å². The maximum atomic E-state index is 12.8. The van der Waals surface area contributed by atoms with Gasteiger partial charge in [0.2, 0.25) is 0 Å². The summed E-state index contributed by atoms with van der Waals surface area (Å²) < 4.78 is 55.2. The fourth-order valence-electron chi connectivity index (χ4n) is 6.16. The fraction of sp³-hybridized carbons (Fsp3) is 0.650. The third-order valence-electron chi connectivity index (χ3n) is 7.23. The van der Waals surface area contributed by atoms with Crippen LogP contribution in [0.5, 0.6) is 11.5 Å². The van der Waals surface area contributed by atoms with E-state index in [0.29, 0.717) is 30.4 Å². The van der Waals surface area contributed by atoms with Crippen molar-refractivity contribution in [3.05, 3.63) is 23.3 Å². The number of nitrogens with zero attached hydrogens (tertiary/aromatic N) is 1. The van der Waals surface area contributed by atoms with Crippen molar-refractivity contribution in [2.24, 2.45) is 5.92 Å². The zero-order valence-corrected chi connectivity index (χ0v) is 15.7. The van der Waals surface area contributed by atoms with Gasteiger partial charge in [-0.15, -0.1) is 0 Å². The van der Waals surface area contributed by atoms with E-state index in [1.54, 1.807) is 7.11 Å². The normalized spacial score (nSPS) is 35.8. The van der Waals surface area contributed by atoms with E-state index in [1.165, 1.54) is 0 Å². The van der Waals surface area contributed by atoms with Crippen LogP contribution in [-0.4, -0.2) is 56.0 Å². The molecule has 5 rings (SSSR count). The smallest absolute Gasteiger partial charge is 0.490 e. The van der Waals surface area contributed by atoms with Gasteiger partial charge in [-0.1, -0.05) is 6.07 Å². The summed E-state index contributed by atoms with van der Waals surface area (Å²) in [5.74, 6) is -0.676. The Morgan fingerprint density at radius 1 is 1.32 bits per heavy atom. The minimum atomic E-state index is -5.01. The number of alkyl halides is 3. The van der Waals surface area contributed by atoms with Gasteiger partial charge in [-0.25, -0.2) is 4.79 Å². The summed E-state index contributed by atoms with van der Waals surface area (Å²) in [5.41, 5.74) is 1.80. The number of piperidine rings is 1. The molecule has 5 atom stereocenters. The van der Waals surface area contributed by atoms with Crippen LogP contribution in [0.3, 0.4) is 0 Å². The van der Waals surface area contributed by atoms with Crippen LogP contribution in [0, 0.1) is 5.92 Å². The van der Waals surface area contributed by atoms with Crippen molar-refractivity contribution in [3.63, 3.8) is 0 Å². The zero-order valence-electron chi connectivity index (χ0n) is 15.7. The van der Waals surface area contributed by atoms with Gasteiger partial charge in [0.05, 0.1) is 7.11 Å². The number of hydrogen-bond donors (Lipinski definition) is 0. The number of rotatable bonds is 2. The number of likely N-dealkylation sites (tertiary alicyclic amines) is 1. The lowest BCUT2D eigenvalue weighted by molar-refractivity contribution is -0.214. The van der Waals surface area contributed by atoms with Crippen molar-refractivity contribution in [1.29, 1.82) is 0 Å². The van der Waals surface area contributed by atoms with Gasteiger partial charge in [-0.3, -0.25) is 0 Å². The highest BCUT2D eigenvalue weighted by atomic mass is 19.4. The number of carbonyl (C=O) groups excluding carboxylic acids is 1. The van der Waals surface area contributed by atoms with E-state index in [9.17, 15) is 18.0 Å². The molecule has 0 radical (unpaired) electrons. The van der Waals surface area contributed by atoms with E-state index in [-0.39, 0.29) is 5.92 Å². The minimum absolute atomic E-state index is 0.262. The number of likely N-dealkylation sites (N-methyl/N-ethyl adjacent to an activating group) is 1. The van der Waals surface area contributed by atoms with Crippen LogP contribution in [0.1, 0.15) is 30.4 Å². The highest BCUT2D eigenvalue weighted by Gasteiger charge is 2.66. The number of carbonyl (C=O) groups is 1. The largest absolute Gasteiger partial charge is 0.493 e. The Morgan fingerprint density at radius 2 is 2.11 bits per heavy atom. The van der Waals surface area contributed by atoms with Crippen molar-refractivity contribution in [1.82, 2.24) is 4.90 Å². The lowest BCUT2D eigenvalue weighted by Crippen LogP contribution is -2.66. The average Bonchev–Trinajstić information content (AvgIpc) is 3.00.